The molecule has 0 aromatic carbocycles. The van der Waals surface area contributed by atoms with Crippen molar-refractivity contribution in [3.05, 3.63) is 24.0 Å². The second-order valence-corrected chi connectivity index (χ2v) is 1.99. The molecule has 0 saturated heterocycles. The highest BCUT2D eigenvalue weighted by Gasteiger charge is 2.18. The topological polar surface area (TPSA) is 26.0 Å². The monoisotopic (exact) mass is 123 g/mol. The first kappa shape index (κ1) is 4.88. The summed E-state index contributed by atoms with van der Waals surface area (Å²) in [5.74, 6) is 0. The van der Waals surface area contributed by atoms with Crippen molar-refractivity contribution in [3.8, 4) is 0 Å². The summed E-state index contributed by atoms with van der Waals surface area (Å²) < 4.78 is 6.96. The first-order chi connectivity index (χ1) is 4.47. The van der Waals surface area contributed by atoms with E-state index in [1.54, 1.807) is 6.20 Å². The maximum atomic E-state index is 5.12. The Morgan fingerprint density at radius 3 is 3.56 bits per heavy atom. The van der Waals surface area contributed by atoms with Gasteiger partial charge in [0, 0.05) is 6.07 Å². The van der Waals surface area contributed by atoms with Crippen molar-refractivity contribution in [1.29, 1.82) is 0 Å². The van der Waals surface area contributed by atoms with Gasteiger partial charge in [-0.25, -0.2) is 0 Å². The Balaban J connectivity index is 2.54. The molecule has 1 aromatic rings. The molecule has 0 unspecified atom stereocenters. The standard InChI is InChI=1S/C6H7N2O/c1-2-6-4-9-5-8(6)7-3-1/h1-3H,4-5H2/q+1. The zero-order chi connectivity index (χ0) is 6.10. The highest BCUT2D eigenvalue weighted by atomic mass is 16.5. The highest BCUT2D eigenvalue weighted by molar-refractivity contribution is 4.92. The lowest BCUT2D eigenvalue weighted by molar-refractivity contribution is -0.768. The van der Waals surface area contributed by atoms with E-state index in [9.17, 15) is 0 Å². The van der Waals surface area contributed by atoms with E-state index in [0.717, 1.165) is 5.69 Å². The first-order valence-corrected chi connectivity index (χ1v) is 2.88. The van der Waals surface area contributed by atoms with Gasteiger partial charge in [0.25, 0.3) is 6.73 Å². The third-order valence-electron chi connectivity index (χ3n) is 1.38. The van der Waals surface area contributed by atoms with E-state index in [0.29, 0.717) is 13.3 Å². The summed E-state index contributed by atoms with van der Waals surface area (Å²) in [6.07, 6.45) is 1.76. The van der Waals surface area contributed by atoms with Crippen LogP contribution in [0, 0.1) is 0 Å². The zero-order valence-corrected chi connectivity index (χ0v) is 4.95. The average molecular weight is 123 g/mol. The number of hydrogen-bond donors (Lipinski definition) is 0. The van der Waals surface area contributed by atoms with Crippen molar-refractivity contribution in [2.24, 2.45) is 0 Å². The van der Waals surface area contributed by atoms with Gasteiger partial charge in [-0.15, -0.1) is 0 Å². The maximum Gasteiger partial charge on any atom is 0.279 e. The molecule has 2 heterocycles. The molecule has 0 atom stereocenters. The minimum absolute atomic E-state index is 0.607. The Labute approximate surface area is 52.9 Å². The molecule has 1 aromatic heterocycles. The summed E-state index contributed by atoms with van der Waals surface area (Å²) >= 11 is 0. The van der Waals surface area contributed by atoms with Crippen LogP contribution in [0.1, 0.15) is 5.69 Å². The van der Waals surface area contributed by atoms with Crippen LogP contribution < -0.4 is 4.68 Å². The van der Waals surface area contributed by atoms with Gasteiger partial charge in [0.1, 0.15) is 6.61 Å². The predicted octanol–water partition coefficient (Wildman–Crippen LogP) is -0.143. The Morgan fingerprint density at radius 2 is 2.67 bits per heavy atom. The summed E-state index contributed by atoms with van der Waals surface area (Å²) in [5.41, 5.74) is 1.15. The van der Waals surface area contributed by atoms with E-state index in [1.165, 1.54) is 0 Å². The first-order valence-electron chi connectivity index (χ1n) is 2.88. The SMILES string of the molecule is c1cn[n+]2c(c1)COC2. The Bertz CT molecular complexity index is 201. The van der Waals surface area contributed by atoms with Gasteiger partial charge in [0.2, 0.25) is 5.69 Å². The normalized spacial score (nSPS) is 15.6. The lowest BCUT2D eigenvalue weighted by Gasteiger charge is -1.81. The van der Waals surface area contributed by atoms with Gasteiger partial charge in [0.15, 0.2) is 0 Å². The Kier molecular flexibility index (Phi) is 0.960. The van der Waals surface area contributed by atoms with Gasteiger partial charge in [-0.1, -0.05) is 4.68 Å². The lowest BCUT2D eigenvalue weighted by Crippen LogP contribution is -2.36. The van der Waals surface area contributed by atoms with Crippen molar-refractivity contribution in [1.82, 2.24) is 5.10 Å². The van der Waals surface area contributed by atoms with Gasteiger partial charge < -0.3 is 4.74 Å². The maximum absolute atomic E-state index is 5.12. The molecule has 3 nitrogen and oxygen atoms in total. The predicted molar refractivity (Wildman–Crippen MR) is 29.2 cm³/mol. The van der Waals surface area contributed by atoms with Crippen LogP contribution in [-0.2, 0) is 18.1 Å². The molecule has 0 fully saturated rings. The summed E-state index contributed by atoms with van der Waals surface area (Å²) in [4.78, 5) is 0. The van der Waals surface area contributed by atoms with Crippen LogP contribution >= 0.6 is 0 Å². The van der Waals surface area contributed by atoms with Crippen LogP contribution in [-0.4, -0.2) is 5.10 Å². The third kappa shape index (κ3) is 0.695. The van der Waals surface area contributed by atoms with Gasteiger partial charge in [0.05, 0.1) is 6.20 Å². The fourth-order valence-corrected chi connectivity index (χ4v) is 0.909. The molecular weight excluding hydrogens is 116 g/mol. The second-order valence-electron chi connectivity index (χ2n) is 1.99. The van der Waals surface area contributed by atoms with Crippen LogP contribution in [0.25, 0.3) is 0 Å². The number of aromatic nitrogens is 2. The molecule has 1 aliphatic heterocycles. The molecule has 0 radical (unpaired) electrons. The Hall–Kier alpha value is -0.960. The van der Waals surface area contributed by atoms with Crippen molar-refractivity contribution in [2.45, 2.75) is 13.3 Å². The molecule has 9 heavy (non-hydrogen) atoms. The molecule has 0 amide bonds. The molecule has 0 spiro atoms. The van der Waals surface area contributed by atoms with Gasteiger partial charge in [-0.05, 0) is 11.2 Å². The van der Waals surface area contributed by atoms with Gasteiger partial charge >= 0.3 is 0 Å². The molecule has 1 aliphatic rings. The molecule has 2 rings (SSSR count). The van der Waals surface area contributed by atoms with Crippen molar-refractivity contribution in [3.63, 3.8) is 0 Å². The minimum atomic E-state index is 0.607. The van der Waals surface area contributed by atoms with Crippen LogP contribution in [0.4, 0.5) is 0 Å². The summed E-state index contributed by atoms with van der Waals surface area (Å²) in [5, 5.41) is 4.05. The van der Waals surface area contributed by atoms with Crippen LogP contribution in [0.15, 0.2) is 18.3 Å². The Morgan fingerprint density at radius 1 is 1.67 bits per heavy atom. The largest absolute Gasteiger partial charge is 0.310 e. The number of nitrogens with zero attached hydrogens (tertiary/aromatic N) is 2. The molecule has 0 aliphatic carbocycles. The fraction of sp³-hybridized carbons (Fsp3) is 0.333. The van der Waals surface area contributed by atoms with E-state index in [2.05, 4.69) is 5.10 Å². The minimum Gasteiger partial charge on any atom is -0.310 e. The fourth-order valence-electron chi connectivity index (χ4n) is 0.909. The quantitative estimate of drug-likeness (QED) is 0.449. The van der Waals surface area contributed by atoms with E-state index >= 15 is 0 Å². The van der Waals surface area contributed by atoms with Crippen LogP contribution in [0.3, 0.4) is 0 Å². The zero-order valence-electron chi connectivity index (χ0n) is 4.95. The molecule has 0 N–H and O–H groups in total. The molecule has 3 heteroatoms. The number of rotatable bonds is 0. The van der Waals surface area contributed by atoms with E-state index in [1.807, 2.05) is 16.8 Å². The molecular formula is C6H7N2O+. The van der Waals surface area contributed by atoms with Crippen molar-refractivity contribution in [2.75, 3.05) is 0 Å². The third-order valence-corrected chi connectivity index (χ3v) is 1.38. The van der Waals surface area contributed by atoms with Crippen molar-refractivity contribution >= 4 is 0 Å². The summed E-state index contributed by atoms with van der Waals surface area (Å²) in [7, 11) is 0. The van der Waals surface area contributed by atoms with Gasteiger partial charge in [-0.3, -0.25) is 0 Å². The van der Waals surface area contributed by atoms with Crippen LogP contribution in [0.2, 0.25) is 0 Å². The number of hydrogen-bond acceptors (Lipinski definition) is 2. The molecule has 0 saturated carbocycles. The summed E-state index contributed by atoms with van der Waals surface area (Å²) in [6, 6.07) is 3.93. The van der Waals surface area contributed by atoms with E-state index in [-0.39, 0.29) is 0 Å². The number of ether oxygens (including phenoxy) is 1. The molecule has 0 bridgehead atoms. The second kappa shape index (κ2) is 1.77. The van der Waals surface area contributed by atoms with E-state index in [4.69, 9.17) is 4.74 Å². The average Bonchev–Trinajstić information content (AvgIpc) is 2.33. The highest BCUT2D eigenvalue weighted by Crippen LogP contribution is 1.98. The van der Waals surface area contributed by atoms with Gasteiger partial charge in [-0.2, -0.15) is 0 Å². The summed E-state index contributed by atoms with van der Waals surface area (Å²) in [6.45, 7) is 1.31. The van der Waals surface area contributed by atoms with Crippen molar-refractivity contribution < 1.29 is 9.42 Å². The van der Waals surface area contributed by atoms with E-state index < -0.39 is 0 Å². The smallest absolute Gasteiger partial charge is 0.279 e. The molecule has 46 valence electrons. The number of fused-ring (bicyclic) bond motifs is 1. The van der Waals surface area contributed by atoms with Crippen LogP contribution in [0.5, 0.6) is 0 Å². The lowest BCUT2D eigenvalue weighted by atomic mass is 10.4.